The second-order valence-electron chi connectivity index (χ2n) is 4.66. The third-order valence-electron chi connectivity index (χ3n) is 3.49. The second-order valence-corrected chi connectivity index (χ2v) is 4.66. The van der Waals surface area contributed by atoms with Crippen molar-refractivity contribution in [2.75, 3.05) is 6.54 Å². The number of amides is 1. The fraction of sp³-hybridized carbons (Fsp3) is 0.429. The van der Waals surface area contributed by atoms with Gasteiger partial charge in [0.05, 0.1) is 5.92 Å². The molecule has 0 radical (unpaired) electrons. The number of nitrogens with zero attached hydrogens (tertiary/aromatic N) is 1. The summed E-state index contributed by atoms with van der Waals surface area (Å²) in [5, 5.41) is 9.09. The van der Waals surface area contributed by atoms with E-state index in [1.165, 1.54) is 4.90 Å². The normalized spacial score (nSPS) is 20.7. The van der Waals surface area contributed by atoms with Crippen LogP contribution in [0.15, 0.2) is 30.3 Å². The molecule has 0 aliphatic carbocycles. The Hall–Kier alpha value is -1.84. The van der Waals surface area contributed by atoms with Gasteiger partial charge in [-0.1, -0.05) is 30.3 Å². The van der Waals surface area contributed by atoms with Crippen molar-refractivity contribution in [2.45, 2.75) is 31.7 Å². The van der Waals surface area contributed by atoms with Crippen molar-refractivity contribution < 1.29 is 14.7 Å². The lowest BCUT2D eigenvalue weighted by molar-refractivity contribution is -0.148. The molecule has 0 spiro atoms. The first kappa shape index (κ1) is 12.6. The lowest BCUT2D eigenvalue weighted by atomic mass is 9.99. The zero-order chi connectivity index (χ0) is 13.1. The monoisotopic (exact) mass is 247 g/mol. The number of carboxylic acid groups (broad SMARTS) is 1. The molecule has 2 atom stereocenters. The quantitative estimate of drug-likeness (QED) is 0.887. The van der Waals surface area contributed by atoms with Crippen molar-refractivity contribution in [3.8, 4) is 0 Å². The zero-order valence-electron chi connectivity index (χ0n) is 10.4. The molecule has 1 aromatic rings. The van der Waals surface area contributed by atoms with E-state index in [9.17, 15) is 9.59 Å². The molecular weight excluding hydrogens is 230 g/mol. The van der Waals surface area contributed by atoms with Crippen LogP contribution in [0.5, 0.6) is 0 Å². The number of carboxylic acids is 1. The van der Waals surface area contributed by atoms with E-state index < -0.39 is 12.0 Å². The van der Waals surface area contributed by atoms with Crippen LogP contribution in [-0.2, 0) is 9.59 Å². The molecular formula is C14H17NO3. The van der Waals surface area contributed by atoms with E-state index >= 15 is 0 Å². The van der Waals surface area contributed by atoms with Gasteiger partial charge in [-0.15, -0.1) is 0 Å². The standard InChI is InChI=1S/C14H17NO3/c1-10(11-6-3-2-4-7-11)13(16)15-9-5-8-12(15)14(17)18/h2-4,6-7,10,12H,5,8-9H2,1H3,(H,17,18)/t10-,12?/m0/s1. The molecule has 0 aromatic heterocycles. The number of benzene rings is 1. The Morgan fingerprint density at radius 2 is 2.00 bits per heavy atom. The summed E-state index contributed by atoms with van der Waals surface area (Å²) in [6.45, 7) is 2.38. The summed E-state index contributed by atoms with van der Waals surface area (Å²) in [5.41, 5.74) is 0.929. The Labute approximate surface area is 106 Å². The van der Waals surface area contributed by atoms with Gasteiger partial charge in [-0.3, -0.25) is 4.79 Å². The third-order valence-corrected chi connectivity index (χ3v) is 3.49. The van der Waals surface area contributed by atoms with Crippen molar-refractivity contribution in [1.29, 1.82) is 0 Å². The lowest BCUT2D eigenvalue weighted by Gasteiger charge is -2.25. The number of likely N-dealkylation sites (tertiary alicyclic amines) is 1. The van der Waals surface area contributed by atoms with Crippen LogP contribution in [0.1, 0.15) is 31.2 Å². The first-order valence-corrected chi connectivity index (χ1v) is 6.19. The predicted octanol–water partition coefficient (Wildman–Crippen LogP) is 1.87. The Balaban J connectivity index is 2.14. The van der Waals surface area contributed by atoms with Gasteiger partial charge >= 0.3 is 5.97 Å². The topological polar surface area (TPSA) is 57.6 Å². The van der Waals surface area contributed by atoms with Crippen molar-refractivity contribution in [2.24, 2.45) is 0 Å². The Kier molecular flexibility index (Phi) is 3.65. The van der Waals surface area contributed by atoms with Gasteiger partial charge in [0, 0.05) is 6.54 Å². The minimum absolute atomic E-state index is 0.0916. The lowest BCUT2D eigenvalue weighted by Crippen LogP contribution is -2.42. The van der Waals surface area contributed by atoms with Gasteiger partial charge in [-0.25, -0.2) is 4.79 Å². The maximum Gasteiger partial charge on any atom is 0.326 e. The van der Waals surface area contributed by atoms with Crippen LogP contribution in [0.3, 0.4) is 0 Å². The fourth-order valence-corrected chi connectivity index (χ4v) is 2.42. The van der Waals surface area contributed by atoms with Crippen LogP contribution in [0.2, 0.25) is 0 Å². The van der Waals surface area contributed by atoms with Crippen molar-refractivity contribution in [1.82, 2.24) is 4.90 Å². The number of rotatable bonds is 3. The van der Waals surface area contributed by atoms with E-state index in [0.29, 0.717) is 13.0 Å². The first-order valence-electron chi connectivity index (χ1n) is 6.19. The molecule has 1 aromatic carbocycles. The van der Waals surface area contributed by atoms with E-state index in [2.05, 4.69) is 0 Å². The number of carbonyl (C=O) groups excluding carboxylic acids is 1. The van der Waals surface area contributed by atoms with Gasteiger partial charge in [0.25, 0.3) is 0 Å². The summed E-state index contributed by atoms with van der Waals surface area (Å²) in [4.78, 5) is 24.9. The number of hydrogen-bond donors (Lipinski definition) is 1. The van der Waals surface area contributed by atoms with Crippen molar-refractivity contribution in [3.05, 3.63) is 35.9 Å². The number of carbonyl (C=O) groups is 2. The van der Waals surface area contributed by atoms with Crippen LogP contribution in [0.4, 0.5) is 0 Å². The van der Waals surface area contributed by atoms with E-state index in [-0.39, 0.29) is 11.8 Å². The molecule has 1 unspecified atom stereocenters. The third kappa shape index (κ3) is 2.37. The highest BCUT2D eigenvalue weighted by Gasteiger charge is 2.35. The minimum Gasteiger partial charge on any atom is -0.480 e. The molecule has 1 N–H and O–H groups in total. The zero-order valence-corrected chi connectivity index (χ0v) is 10.4. The summed E-state index contributed by atoms with van der Waals surface area (Å²) in [6, 6.07) is 8.82. The highest BCUT2D eigenvalue weighted by molar-refractivity contribution is 5.88. The molecule has 4 heteroatoms. The molecule has 1 aliphatic heterocycles. The van der Waals surface area contributed by atoms with Crippen molar-refractivity contribution >= 4 is 11.9 Å². The SMILES string of the molecule is C[C@H](C(=O)N1CCCC1C(=O)O)c1ccccc1. The van der Waals surface area contributed by atoms with Gasteiger partial charge in [-0.2, -0.15) is 0 Å². The van der Waals surface area contributed by atoms with Gasteiger partial charge < -0.3 is 10.0 Å². The molecule has 0 saturated carbocycles. The minimum atomic E-state index is -0.902. The number of hydrogen-bond acceptors (Lipinski definition) is 2. The average molecular weight is 247 g/mol. The smallest absolute Gasteiger partial charge is 0.326 e. The van der Waals surface area contributed by atoms with E-state index in [4.69, 9.17) is 5.11 Å². The van der Waals surface area contributed by atoms with Gasteiger partial charge in [0.2, 0.25) is 5.91 Å². The van der Waals surface area contributed by atoms with Crippen LogP contribution < -0.4 is 0 Å². The molecule has 4 nitrogen and oxygen atoms in total. The fourth-order valence-electron chi connectivity index (χ4n) is 2.42. The molecule has 96 valence electrons. The molecule has 18 heavy (non-hydrogen) atoms. The first-order chi connectivity index (χ1) is 8.61. The van der Waals surface area contributed by atoms with Crippen LogP contribution in [0.25, 0.3) is 0 Å². The molecule has 1 aliphatic rings. The summed E-state index contributed by atoms with van der Waals surface area (Å²) < 4.78 is 0. The maximum atomic E-state index is 12.3. The molecule has 2 rings (SSSR count). The largest absolute Gasteiger partial charge is 0.480 e. The molecule has 1 saturated heterocycles. The average Bonchev–Trinajstić information content (AvgIpc) is 2.87. The Morgan fingerprint density at radius 3 is 2.61 bits per heavy atom. The van der Waals surface area contributed by atoms with Gasteiger partial charge in [0.15, 0.2) is 0 Å². The molecule has 1 amide bonds. The molecule has 1 fully saturated rings. The van der Waals surface area contributed by atoms with E-state index in [0.717, 1.165) is 12.0 Å². The van der Waals surface area contributed by atoms with E-state index in [1.807, 2.05) is 37.3 Å². The summed E-state index contributed by atoms with van der Waals surface area (Å²) in [5.74, 6) is -1.28. The second kappa shape index (κ2) is 5.21. The van der Waals surface area contributed by atoms with E-state index in [1.54, 1.807) is 0 Å². The highest BCUT2D eigenvalue weighted by Crippen LogP contribution is 2.24. The summed E-state index contributed by atoms with van der Waals surface area (Å²) in [7, 11) is 0. The Bertz CT molecular complexity index is 444. The summed E-state index contributed by atoms with van der Waals surface area (Å²) >= 11 is 0. The molecule has 0 bridgehead atoms. The van der Waals surface area contributed by atoms with Crippen LogP contribution in [0, 0.1) is 0 Å². The Morgan fingerprint density at radius 1 is 1.33 bits per heavy atom. The van der Waals surface area contributed by atoms with Crippen molar-refractivity contribution in [3.63, 3.8) is 0 Å². The number of aliphatic carboxylic acids is 1. The predicted molar refractivity (Wildman–Crippen MR) is 67.2 cm³/mol. The van der Waals surface area contributed by atoms with Crippen LogP contribution in [-0.4, -0.2) is 34.5 Å². The van der Waals surface area contributed by atoms with Gasteiger partial charge in [0.1, 0.15) is 6.04 Å². The maximum absolute atomic E-state index is 12.3. The summed E-state index contributed by atoms with van der Waals surface area (Å²) in [6.07, 6.45) is 1.33. The van der Waals surface area contributed by atoms with Gasteiger partial charge in [-0.05, 0) is 25.3 Å². The molecule has 1 heterocycles. The van der Waals surface area contributed by atoms with Crippen LogP contribution >= 0.6 is 0 Å². The highest BCUT2D eigenvalue weighted by atomic mass is 16.4.